The van der Waals surface area contributed by atoms with Crippen LogP contribution in [0.1, 0.15) is 42.4 Å². The number of aromatic amines is 1. The zero-order chi connectivity index (χ0) is 13.9. The van der Waals surface area contributed by atoms with E-state index in [2.05, 4.69) is 36.1 Å². The van der Waals surface area contributed by atoms with Crippen LogP contribution in [0.25, 0.3) is 0 Å². The van der Waals surface area contributed by atoms with Crippen molar-refractivity contribution >= 4 is 5.91 Å². The van der Waals surface area contributed by atoms with Gasteiger partial charge in [-0.05, 0) is 17.0 Å². The Bertz CT molecular complexity index is 553. The van der Waals surface area contributed by atoms with E-state index in [4.69, 9.17) is 0 Å². The molecule has 0 saturated heterocycles. The average Bonchev–Trinajstić information content (AvgIpc) is 2.88. The van der Waals surface area contributed by atoms with Crippen LogP contribution in [-0.2, 0) is 12.0 Å². The van der Waals surface area contributed by atoms with Crippen molar-refractivity contribution in [2.45, 2.75) is 32.7 Å². The van der Waals surface area contributed by atoms with Gasteiger partial charge in [0.2, 0.25) is 0 Å². The number of nitrogens with zero attached hydrogens (tertiary/aromatic N) is 1. The number of amides is 1. The lowest BCUT2D eigenvalue weighted by Crippen LogP contribution is -2.26. The van der Waals surface area contributed by atoms with Crippen molar-refractivity contribution in [3.63, 3.8) is 0 Å². The summed E-state index contributed by atoms with van der Waals surface area (Å²) in [5, 5.41) is 2.90. The zero-order valence-corrected chi connectivity index (χ0v) is 11.5. The smallest absolute Gasteiger partial charge is 0.251 e. The SMILES string of the molecule is CC(C)(C)c1ccccc1C(=O)NCc1cnc[nH]1. The summed E-state index contributed by atoms with van der Waals surface area (Å²) in [6.07, 6.45) is 3.31. The van der Waals surface area contributed by atoms with Gasteiger partial charge in [-0.2, -0.15) is 0 Å². The number of benzene rings is 1. The summed E-state index contributed by atoms with van der Waals surface area (Å²) in [5.41, 5.74) is 2.62. The summed E-state index contributed by atoms with van der Waals surface area (Å²) in [6.45, 7) is 6.77. The van der Waals surface area contributed by atoms with Crippen LogP contribution < -0.4 is 5.32 Å². The van der Waals surface area contributed by atoms with Crippen molar-refractivity contribution in [2.75, 3.05) is 0 Å². The molecule has 4 nitrogen and oxygen atoms in total. The lowest BCUT2D eigenvalue weighted by Gasteiger charge is -2.22. The number of aromatic nitrogens is 2. The monoisotopic (exact) mass is 257 g/mol. The number of carbonyl (C=O) groups is 1. The molecular weight excluding hydrogens is 238 g/mol. The summed E-state index contributed by atoms with van der Waals surface area (Å²) < 4.78 is 0. The predicted molar refractivity (Wildman–Crippen MR) is 74.9 cm³/mol. The number of H-pyrrole nitrogens is 1. The molecule has 0 saturated carbocycles. The van der Waals surface area contributed by atoms with Crippen LogP contribution >= 0.6 is 0 Å². The first kappa shape index (κ1) is 13.3. The fourth-order valence-electron chi connectivity index (χ4n) is 1.99. The summed E-state index contributed by atoms with van der Waals surface area (Å²) in [6, 6.07) is 7.72. The number of nitrogens with one attached hydrogen (secondary N) is 2. The number of hydrogen-bond acceptors (Lipinski definition) is 2. The van der Waals surface area contributed by atoms with E-state index < -0.39 is 0 Å². The zero-order valence-electron chi connectivity index (χ0n) is 11.5. The third-order valence-electron chi connectivity index (χ3n) is 2.97. The number of rotatable bonds is 3. The molecule has 1 aromatic heterocycles. The molecule has 2 N–H and O–H groups in total. The van der Waals surface area contributed by atoms with Crippen LogP contribution in [0.3, 0.4) is 0 Å². The minimum Gasteiger partial charge on any atom is -0.347 e. The van der Waals surface area contributed by atoms with E-state index in [9.17, 15) is 4.79 Å². The van der Waals surface area contributed by atoms with E-state index in [1.54, 1.807) is 12.5 Å². The first-order chi connectivity index (χ1) is 8.98. The average molecular weight is 257 g/mol. The first-order valence-corrected chi connectivity index (χ1v) is 6.33. The van der Waals surface area contributed by atoms with E-state index in [1.807, 2.05) is 24.3 Å². The maximum absolute atomic E-state index is 12.3. The van der Waals surface area contributed by atoms with E-state index in [-0.39, 0.29) is 11.3 Å². The molecule has 2 aromatic rings. The van der Waals surface area contributed by atoms with Gasteiger partial charge >= 0.3 is 0 Å². The van der Waals surface area contributed by atoms with Crippen molar-refractivity contribution in [1.29, 1.82) is 0 Å². The Hall–Kier alpha value is -2.10. The summed E-state index contributed by atoms with van der Waals surface area (Å²) >= 11 is 0. The molecule has 19 heavy (non-hydrogen) atoms. The van der Waals surface area contributed by atoms with Gasteiger partial charge in [0.25, 0.3) is 5.91 Å². The van der Waals surface area contributed by atoms with E-state index in [1.165, 1.54) is 0 Å². The Morgan fingerprint density at radius 2 is 2.05 bits per heavy atom. The highest BCUT2D eigenvalue weighted by atomic mass is 16.1. The quantitative estimate of drug-likeness (QED) is 0.888. The number of hydrogen-bond donors (Lipinski definition) is 2. The fraction of sp³-hybridized carbons (Fsp3) is 0.333. The highest BCUT2D eigenvalue weighted by molar-refractivity contribution is 5.96. The van der Waals surface area contributed by atoms with E-state index in [0.29, 0.717) is 6.54 Å². The van der Waals surface area contributed by atoms with Gasteiger partial charge in [0, 0.05) is 11.8 Å². The molecular formula is C15H19N3O. The Labute approximate surface area is 113 Å². The maximum Gasteiger partial charge on any atom is 0.251 e. The minimum absolute atomic E-state index is 0.0537. The van der Waals surface area contributed by atoms with Gasteiger partial charge in [0.15, 0.2) is 0 Å². The number of carbonyl (C=O) groups excluding carboxylic acids is 1. The number of imidazole rings is 1. The Morgan fingerprint density at radius 1 is 1.32 bits per heavy atom. The van der Waals surface area contributed by atoms with E-state index in [0.717, 1.165) is 16.8 Å². The topological polar surface area (TPSA) is 57.8 Å². The van der Waals surface area contributed by atoms with Gasteiger partial charge in [-0.3, -0.25) is 4.79 Å². The largest absolute Gasteiger partial charge is 0.347 e. The molecule has 4 heteroatoms. The van der Waals surface area contributed by atoms with Crippen LogP contribution in [0, 0.1) is 0 Å². The predicted octanol–water partition coefficient (Wildman–Crippen LogP) is 2.64. The second-order valence-corrected chi connectivity index (χ2v) is 5.56. The van der Waals surface area contributed by atoms with Crippen LogP contribution in [0.15, 0.2) is 36.8 Å². The Kier molecular flexibility index (Phi) is 3.69. The molecule has 0 radical (unpaired) electrons. The van der Waals surface area contributed by atoms with Crippen molar-refractivity contribution in [3.05, 3.63) is 53.6 Å². The lowest BCUT2D eigenvalue weighted by molar-refractivity contribution is 0.0948. The Morgan fingerprint density at radius 3 is 2.68 bits per heavy atom. The van der Waals surface area contributed by atoms with Crippen molar-refractivity contribution < 1.29 is 4.79 Å². The van der Waals surface area contributed by atoms with Gasteiger partial charge in [-0.15, -0.1) is 0 Å². The third-order valence-corrected chi connectivity index (χ3v) is 2.97. The van der Waals surface area contributed by atoms with Crippen molar-refractivity contribution in [1.82, 2.24) is 15.3 Å². The van der Waals surface area contributed by atoms with Crippen LogP contribution in [-0.4, -0.2) is 15.9 Å². The lowest BCUT2D eigenvalue weighted by atomic mass is 9.83. The van der Waals surface area contributed by atoms with Gasteiger partial charge in [-0.25, -0.2) is 4.98 Å². The molecule has 2 rings (SSSR count). The normalized spacial score (nSPS) is 11.3. The maximum atomic E-state index is 12.3. The minimum atomic E-state index is -0.0554. The summed E-state index contributed by atoms with van der Waals surface area (Å²) in [7, 11) is 0. The van der Waals surface area contributed by atoms with Crippen molar-refractivity contribution in [3.8, 4) is 0 Å². The Balaban J connectivity index is 2.15. The van der Waals surface area contributed by atoms with Gasteiger partial charge < -0.3 is 10.3 Å². The van der Waals surface area contributed by atoms with Gasteiger partial charge in [0.05, 0.1) is 18.6 Å². The molecule has 0 atom stereocenters. The molecule has 0 spiro atoms. The fourth-order valence-corrected chi connectivity index (χ4v) is 1.99. The van der Waals surface area contributed by atoms with Gasteiger partial charge in [-0.1, -0.05) is 39.0 Å². The second-order valence-electron chi connectivity index (χ2n) is 5.56. The standard InChI is InChI=1S/C15H19N3O/c1-15(2,3)13-7-5-4-6-12(13)14(19)17-9-11-8-16-10-18-11/h4-8,10H,9H2,1-3H3,(H,16,18)(H,17,19). The van der Waals surface area contributed by atoms with E-state index >= 15 is 0 Å². The molecule has 0 fully saturated rings. The first-order valence-electron chi connectivity index (χ1n) is 6.33. The third kappa shape index (κ3) is 3.22. The van der Waals surface area contributed by atoms with Crippen LogP contribution in [0.5, 0.6) is 0 Å². The molecule has 100 valence electrons. The molecule has 0 aliphatic rings. The highest BCUT2D eigenvalue weighted by Gasteiger charge is 2.20. The van der Waals surface area contributed by atoms with Crippen LogP contribution in [0.2, 0.25) is 0 Å². The molecule has 1 heterocycles. The molecule has 0 bridgehead atoms. The summed E-state index contributed by atoms with van der Waals surface area (Å²) in [5.74, 6) is -0.0554. The van der Waals surface area contributed by atoms with Crippen LogP contribution in [0.4, 0.5) is 0 Å². The second kappa shape index (κ2) is 5.26. The molecule has 0 aliphatic carbocycles. The summed E-state index contributed by atoms with van der Waals surface area (Å²) in [4.78, 5) is 19.1. The molecule has 1 amide bonds. The molecule has 1 aromatic carbocycles. The molecule has 0 unspecified atom stereocenters. The highest BCUT2D eigenvalue weighted by Crippen LogP contribution is 2.25. The van der Waals surface area contributed by atoms with Crippen molar-refractivity contribution in [2.24, 2.45) is 0 Å². The molecule has 0 aliphatic heterocycles. The van der Waals surface area contributed by atoms with Gasteiger partial charge in [0.1, 0.15) is 0 Å².